The maximum absolute atomic E-state index is 5.07. The lowest BCUT2D eigenvalue weighted by Gasteiger charge is -2.33. The zero-order valence-electron chi connectivity index (χ0n) is 27.7. The van der Waals surface area contributed by atoms with Gasteiger partial charge in [0.2, 0.25) is 0 Å². The average Bonchev–Trinajstić information content (AvgIpc) is 3.57. The maximum Gasteiger partial charge on any atom is 0.114 e. The van der Waals surface area contributed by atoms with Crippen LogP contribution in [0.2, 0.25) is 0 Å². The second-order valence-electron chi connectivity index (χ2n) is 13.0. The van der Waals surface area contributed by atoms with Gasteiger partial charge in [-0.25, -0.2) is 4.98 Å². The van der Waals surface area contributed by atoms with Crippen molar-refractivity contribution in [2.45, 2.75) is 13.3 Å². The van der Waals surface area contributed by atoms with Crippen LogP contribution in [0, 0.1) is 0 Å². The summed E-state index contributed by atoms with van der Waals surface area (Å²) in [6.45, 7) is 2.19. The van der Waals surface area contributed by atoms with Crippen molar-refractivity contribution in [3.05, 3.63) is 176 Å². The quantitative estimate of drug-likeness (QED) is 0.175. The van der Waals surface area contributed by atoms with Crippen LogP contribution in [0.1, 0.15) is 12.7 Å². The van der Waals surface area contributed by atoms with Crippen molar-refractivity contribution in [2.24, 2.45) is 0 Å². The third-order valence-corrected chi connectivity index (χ3v) is 10.2. The van der Waals surface area contributed by atoms with Crippen molar-refractivity contribution in [3.8, 4) is 39.1 Å². The van der Waals surface area contributed by atoms with Crippen molar-refractivity contribution in [1.29, 1.82) is 0 Å². The lowest BCUT2D eigenvalue weighted by atomic mass is 9.85. The Morgan fingerprint density at radius 2 is 1.00 bits per heavy atom. The van der Waals surface area contributed by atoms with Crippen LogP contribution >= 0.6 is 0 Å². The number of hydrogen-bond acceptors (Lipinski definition) is 2. The Kier molecular flexibility index (Phi) is 6.47. The number of aromatic nitrogens is 2. The van der Waals surface area contributed by atoms with Crippen LogP contribution in [-0.4, -0.2) is 9.55 Å². The van der Waals surface area contributed by atoms with Crippen LogP contribution in [0.4, 0.5) is 17.1 Å². The summed E-state index contributed by atoms with van der Waals surface area (Å²) in [5.41, 5.74) is 14.1. The van der Waals surface area contributed by atoms with Gasteiger partial charge in [-0.1, -0.05) is 134 Å². The Labute approximate surface area is 291 Å². The van der Waals surface area contributed by atoms with Gasteiger partial charge in [-0.3, -0.25) is 4.57 Å². The van der Waals surface area contributed by atoms with Gasteiger partial charge in [0.25, 0.3) is 0 Å². The molecule has 1 aliphatic heterocycles. The number of nitrogens with zero attached hydrogens (tertiary/aromatic N) is 3. The summed E-state index contributed by atoms with van der Waals surface area (Å²) in [6, 6.07) is 61.7. The van der Waals surface area contributed by atoms with Crippen LogP contribution in [-0.2, 0) is 6.42 Å². The number of rotatable bonds is 5. The molecule has 9 aromatic rings. The minimum Gasteiger partial charge on any atom is -0.306 e. The molecular weight excluding hydrogens is 607 g/mol. The highest BCUT2D eigenvalue weighted by Crippen LogP contribution is 2.49. The van der Waals surface area contributed by atoms with E-state index in [2.05, 4.69) is 186 Å². The van der Waals surface area contributed by atoms with E-state index in [1.54, 1.807) is 0 Å². The molecule has 1 aromatic heterocycles. The summed E-state index contributed by atoms with van der Waals surface area (Å²) < 4.78 is 2.37. The minimum atomic E-state index is 0.855. The first-order valence-electron chi connectivity index (χ1n) is 17.4. The highest BCUT2D eigenvalue weighted by atomic mass is 15.2. The second-order valence-corrected chi connectivity index (χ2v) is 13.0. The van der Waals surface area contributed by atoms with E-state index >= 15 is 0 Å². The first-order valence-corrected chi connectivity index (χ1v) is 17.4. The molecule has 0 atom stereocenters. The Morgan fingerprint density at radius 1 is 0.440 bits per heavy atom. The molecule has 0 saturated carbocycles. The highest BCUT2D eigenvalue weighted by molar-refractivity contribution is 6.21. The van der Waals surface area contributed by atoms with E-state index in [1.165, 1.54) is 54.9 Å². The molecule has 0 saturated heterocycles. The fraction of sp³-hybridized carbons (Fsp3) is 0.0426. The van der Waals surface area contributed by atoms with Crippen LogP contribution in [0.5, 0.6) is 0 Å². The van der Waals surface area contributed by atoms with Crippen molar-refractivity contribution in [3.63, 3.8) is 0 Å². The first-order chi connectivity index (χ1) is 24.8. The van der Waals surface area contributed by atoms with Crippen LogP contribution in [0.15, 0.2) is 170 Å². The predicted molar refractivity (Wildman–Crippen MR) is 210 cm³/mol. The van der Waals surface area contributed by atoms with Gasteiger partial charge in [0, 0.05) is 12.1 Å². The molecule has 0 unspecified atom stereocenters. The number of benzene rings is 8. The molecule has 2 heterocycles. The Hall–Kier alpha value is -6.45. The predicted octanol–water partition coefficient (Wildman–Crippen LogP) is 12.7. The highest BCUT2D eigenvalue weighted by Gasteiger charge is 2.29. The standard InChI is InChI=1S/C47H33N3/c1-2-44-48-40-25-14-26-42-47(40)50(44)41-28-27-33(30-43(41)49(42)35-19-7-4-8-20-35)32-17-13-18-34(29-32)46-38-23-11-9-21-36(38)45(31-15-5-3-6-16-31)37-22-10-12-24-39(37)46/h3-30H,2H2,1H3. The average molecular weight is 640 g/mol. The van der Waals surface area contributed by atoms with Gasteiger partial charge in [0.05, 0.1) is 28.1 Å². The molecule has 0 N–H and O–H groups in total. The first kappa shape index (κ1) is 28.6. The normalized spacial score (nSPS) is 12.1. The number of fused-ring (bicyclic) bond motifs is 4. The smallest absolute Gasteiger partial charge is 0.114 e. The van der Waals surface area contributed by atoms with Gasteiger partial charge in [0.15, 0.2) is 0 Å². The van der Waals surface area contributed by atoms with Crippen molar-refractivity contribution >= 4 is 49.6 Å². The molecule has 0 bridgehead atoms. The molecule has 0 amide bonds. The lowest BCUT2D eigenvalue weighted by Crippen LogP contribution is -2.19. The van der Waals surface area contributed by atoms with Gasteiger partial charge in [0.1, 0.15) is 5.82 Å². The molecule has 10 rings (SSSR count). The van der Waals surface area contributed by atoms with E-state index < -0.39 is 0 Å². The summed E-state index contributed by atoms with van der Waals surface area (Å²) in [4.78, 5) is 7.47. The van der Waals surface area contributed by atoms with Crippen LogP contribution in [0.3, 0.4) is 0 Å². The zero-order valence-corrected chi connectivity index (χ0v) is 27.7. The SMILES string of the molecule is CCc1nc2cccc3c2n1-c1ccc(-c2cccc(-c4c5ccccc5c(-c5ccccc5)c5ccccc45)c2)cc1N3c1ccccc1. The molecule has 3 heteroatoms. The molecule has 8 aromatic carbocycles. The van der Waals surface area contributed by atoms with E-state index in [9.17, 15) is 0 Å². The lowest BCUT2D eigenvalue weighted by molar-refractivity contribution is 0.900. The Morgan fingerprint density at radius 3 is 1.68 bits per heavy atom. The fourth-order valence-corrected chi connectivity index (χ4v) is 8.10. The summed E-state index contributed by atoms with van der Waals surface area (Å²) in [5.74, 6) is 1.08. The van der Waals surface area contributed by atoms with E-state index in [0.29, 0.717) is 0 Å². The Bertz CT molecular complexity index is 2680. The third-order valence-electron chi connectivity index (χ3n) is 10.2. The Balaban J connectivity index is 1.19. The zero-order chi connectivity index (χ0) is 33.2. The molecule has 0 fully saturated rings. The van der Waals surface area contributed by atoms with Crippen LogP contribution < -0.4 is 4.90 Å². The fourth-order valence-electron chi connectivity index (χ4n) is 8.10. The molecular formula is C47H33N3. The summed E-state index contributed by atoms with van der Waals surface area (Å²) >= 11 is 0. The van der Waals surface area contributed by atoms with Gasteiger partial charge < -0.3 is 4.90 Å². The minimum absolute atomic E-state index is 0.855. The van der Waals surface area contributed by atoms with Crippen molar-refractivity contribution in [2.75, 3.05) is 4.90 Å². The molecule has 236 valence electrons. The van der Waals surface area contributed by atoms with E-state index in [4.69, 9.17) is 4.98 Å². The summed E-state index contributed by atoms with van der Waals surface area (Å²) in [7, 11) is 0. The monoisotopic (exact) mass is 639 g/mol. The largest absolute Gasteiger partial charge is 0.306 e. The van der Waals surface area contributed by atoms with E-state index in [1.807, 2.05) is 0 Å². The van der Waals surface area contributed by atoms with E-state index in [-0.39, 0.29) is 0 Å². The van der Waals surface area contributed by atoms with Gasteiger partial charge >= 0.3 is 0 Å². The summed E-state index contributed by atoms with van der Waals surface area (Å²) in [5, 5.41) is 5.05. The third kappa shape index (κ3) is 4.27. The molecule has 0 spiro atoms. The van der Waals surface area contributed by atoms with Crippen molar-refractivity contribution in [1.82, 2.24) is 9.55 Å². The number of anilines is 3. The molecule has 1 aliphatic rings. The maximum atomic E-state index is 5.07. The van der Waals surface area contributed by atoms with Crippen LogP contribution in [0.25, 0.3) is 71.6 Å². The van der Waals surface area contributed by atoms with Gasteiger partial charge in [-0.05, 0) is 97.4 Å². The molecule has 3 nitrogen and oxygen atoms in total. The van der Waals surface area contributed by atoms with Gasteiger partial charge in [-0.2, -0.15) is 0 Å². The number of para-hydroxylation sites is 2. The number of hydrogen-bond donors (Lipinski definition) is 0. The second kappa shape index (κ2) is 11.3. The molecule has 0 aliphatic carbocycles. The number of aryl methyl sites for hydroxylation is 1. The number of imidazole rings is 1. The van der Waals surface area contributed by atoms with E-state index in [0.717, 1.165) is 46.0 Å². The summed E-state index contributed by atoms with van der Waals surface area (Å²) in [6.07, 6.45) is 0.855. The molecule has 50 heavy (non-hydrogen) atoms. The molecule has 0 radical (unpaired) electrons. The topological polar surface area (TPSA) is 21.1 Å². The van der Waals surface area contributed by atoms with Gasteiger partial charge in [-0.15, -0.1) is 0 Å². The van der Waals surface area contributed by atoms with Crippen molar-refractivity contribution < 1.29 is 0 Å².